The van der Waals surface area contributed by atoms with Gasteiger partial charge in [0.05, 0.1) is 11.4 Å². The second-order valence-corrected chi connectivity index (χ2v) is 6.90. The Hall–Kier alpha value is -1.92. The molecular weight excluding hydrogens is 328 g/mol. The molecule has 3 N–H and O–H groups in total. The van der Waals surface area contributed by atoms with Gasteiger partial charge < -0.3 is 11.1 Å². The van der Waals surface area contributed by atoms with Gasteiger partial charge in [0.25, 0.3) is 0 Å². The Kier molecular flexibility index (Phi) is 7.03. The fourth-order valence-electron chi connectivity index (χ4n) is 1.84. The minimum absolute atomic E-state index is 0.0412. The Bertz CT molecular complexity index is 663. The predicted molar refractivity (Wildman–Crippen MR) is 96.8 cm³/mol. The lowest BCUT2D eigenvalue weighted by Crippen LogP contribution is -2.14. The third-order valence-corrected chi connectivity index (χ3v) is 4.98. The minimum atomic E-state index is -0.379. The van der Waals surface area contributed by atoms with Crippen molar-refractivity contribution in [2.24, 2.45) is 5.73 Å². The fraction of sp³-hybridized carbons (Fsp3) is 0.176. The summed E-state index contributed by atoms with van der Waals surface area (Å²) in [7, 11) is 0. The molecule has 0 radical (unpaired) electrons. The van der Waals surface area contributed by atoms with Crippen molar-refractivity contribution < 1.29 is 9.59 Å². The molecule has 4 nitrogen and oxygen atoms in total. The minimum Gasteiger partial charge on any atom is -0.369 e. The number of primary amides is 1. The van der Waals surface area contributed by atoms with Crippen LogP contribution in [0.2, 0.25) is 0 Å². The highest BCUT2D eigenvalue weighted by Crippen LogP contribution is 2.27. The van der Waals surface area contributed by atoms with Crippen molar-refractivity contribution in [1.82, 2.24) is 0 Å². The van der Waals surface area contributed by atoms with Gasteiger partial charge in [-0.3, -0.25) is 9.59 Å². The lowest BCUT2D eigenvalue weighted by Gasteiger charge is -2.10. The number of amides is 2. The van der Waals surface area contributed by atoms with E-state index in [1.807, 2.05) is 54.6 Å². The molecule has 2 amide bonds. The maximum atomic E-state index is 12.1. The van der Waals surface area contributed by atoms with Gasteiger partial charge in [0, 0.05) is 22.0 Å². The van der Waals surface area contributed by atoms with E-state index in [0.717, 1.165) is 9.79 Å². The molecule has 6 heteroatoms. The van der Waals surface area contributed by atoms with E-state index >= 15 is 0 Å². The molecule has 0 saturated carbocycles. The molecular formula is C17H18N2O2S2. The van der Waals surface area contributed by atoms with E-state index in [4.69, 9.17) is 5.73 Å². The zero-order valence-electron chi connectivity index (χ0n) is 12.5. The first-order valence-electron chi connectivity index (χ1n) is 7.13. The Balaban J connectivity index is 1.84. The highest BCUT2D eigenvalue weighted by Gasteiger charge is 2.08. The van der Waals surface area contributed by atoms with Crippen molar-refractivity contribution in [3.8, 4) is 0 Å². The molecule has 120 valence electrons. The lowest BCUT2D eigenvalue weighted by atomic mass is 10.3. The van der Waals surface area contributed by atoms with Gasteiger partial charge in [0.15, 0.2) is 0 Å². The summed E-state index contributed by atoms with van der Waals surface area (Å²) in [6.45, 7) is 0. The quantitative estimate of drug-likeness (QED) is 0.719. The van der Waals surface area contributed by atoms with Gasteiger partial charge in [-0.05, 0) is 24.3 Å². The van der Waals surface area contributed by atoms with Crippen LogP contribution in [-0.4, -0.2) is 23.3 Å². The summed E-state index contributed by atoms with van der Waals surface area (Å²) in [5.41, 5.74) is 5.88. The number of para-hydroxylation sites is 1. The van der Waals surface area contributed by atoms with Gasteiger partial charge in [-0.2, -0.15) is 0 Å². The molecule has 0 atom stereocenters. The molecule has 0 aliphatic heterocycles. The van der Waals surface area contributed by atoms with E-state index in [1.54, 1.807) is 11.8 Å². The van der Waals surface area contributed by atoms with Crippen LogP contribution < -0.4 is 11.1 Å². The maximum Gasteiger partial charge on any atom is 0.227 e. The molecule has 2 aromatic carbocycles. The largest absolute Gasteiger partial charge is 0.369 e. The predicted octanol–water partition coefficient (Wildman–Crippen LogP) is 3.38. The van der Waals surface area contributed by atoms with Crippen LogP contribution in [0.3, 0.4) is 0 Å². The number of hydrogen-bond acceptors (Lipinski definition) is 4. The summed E-state index contributed by atoms with van der Waals surface area (Å²) < 4.78 is 0. The second-order valence-electron chi connectivity index (χ2n) is 4.71. The molecule has 0 heterocycles. The molecule has 2 rings (SSSR count). The van der Waals surface area contributed by atoms with Crippen LogP contribution in [0.15, 0.2) is 64.4 Å². The van der Waals surface area contributed by atoms with Crippen LogP contribution in [0.1, 0.15) is 6.42 Å². The van der Waals surface area contributed by atoms with Gasteiger partial charge in [-0.15, -0.1) is 23.5 Å². The molecule has 2 aromatic rings. The Labute approximate surface area is 144 Å². The number of carbonyl (C=O) groups excluding carboxylic acids is 2. The summed E-state index contributed by atoms with van der Waals surface area (Å²) in [6.07, 6.45) is 0.425. The number of benzene rings is 2. The summed E-state index contributed by atoms with van der Waals surface area (Å²) in [6, 6.07) is 17.4. The molecule has 0 bridgehead atoms. The van der Waals surface area contributed by atoms with E-state index in [1.165, 1.54) is 11.8 Å². The molecule has 0 aliphatic carbocycles. The first kappa shape index (κ1) is 17.4. The first-order chi connectivity index (χ1) is 11.1. The van der Waals surface area contributed by atoms with Crippen molar-refractivity contribution in [3.05, 3.63) is 54.6 Å². The zero-order valence-corrected chi connectivity index (χ0v) is 14.2. The Morgan fingerprint density at radius 1 is 0.957 bits per heavy atom. The zero-order chi connectivity index (χ0) is 16.5. The molecule has 23 heavy (non-hydrogen) atoms. The van der Waals surface area contributed by atoms with Crippen LogP contribution in [0, 0.1) is 0 Å². The smallest absolute Gasteiger partial charge is 0.227 e. The monoisotopic (exact) mass is 346 g/mol. The lowest BCUT2D eigenvalue weighted by molar-refractivity contribution is -0.116. The molecule has 0 fully saturated rings. The van der Waals surface area contributed by atoms with Crippen LogP contribution in [0.4, 0.5) is 5.69 Å². The van der Waals surface area contributed by atoms with E-state index < -0.39 is 0 Å². The van der Waals surface area contributed by atoms with Gasteiger partial charge in [0.2, 0.25) is 11.8 Å². The number of anilines is 1. The van der Waals surface area contributed by atoms with Gasteiger partial charge in [-0.25, -0.2) is 0 Å². The number of nitrogens with one attached hydrogen (secondary N) is 1. The standard InChI is InChI=1S/C17H18N2O2S2/c18-16(20)12-23-15-9-5-4-8-14(15)19-17(21)10-11-22-13-6-2-1-3-7-13/h1-9H,10-12H2,(H2,18,20)(H,19,21). The fourth-order valence-corrected chi connectivity index (χ4v) is 3.46. The van der Waals surface area contributed by atoms with Gasteiger partial charge in [0.1, 0.15) is 0 Å². The summed E-state index contributed by atoms with van der Waals surface area (Å²) >= 11 is 2.97. The van der Waals surface area contributed by atoms with Crippen LogP contribution in [-0.2, 0) is 9.59 Å². The number of rotatable bonds is 8. The average Bonchev–Trinajstić information content (AvgIpc) is 2.55. The molecule has 0 saturated heterocycles. The highest BCUT2D eigenvalue weighted by atomic mass is 32.2. The first-order valence-corrected chi connectivity index (χ1v) is 9.10. The van der Waals surface area contributed by atoms with Crippen LogP contribution in [0.5, 0.6) is 0 Å². The number of thioether (sulfide) groups is 2. The van der Waals surface area contributed by atoms with E-state index in [9.17, 15) is 9.59 Å². The van der Waals surface area contributed by atoms with Crippen molar-refractivity contribution in [2.75, 3.05) is 16.8 Å². The van der Waals surface area contributed by atoms with Crippen LogP contribution in [0.25, 0.3) is 0 Å². The Morgan fingerprint density at radius 2 is 1.65 bits per heavy atom. The number of nitrogens with two attached hydrogens (primary N) is 1. The maximum absolute atomic E-state index is 12.1. The van der Waals surface area contributed by atoms with Crippen molar-refractivity contribution in [1.29, 1.82) is 0 Å². The normalized spacial score (nSPS) is 10.3. The van der Waals surface area contributed by atoms with Crippen molar-refractivity contribution in [3.63, 3.8) is 0 Å². The van der Waals surface area contributed by atoms with Gasteiger partial charge in [-0.1, -0.05) is 30.3 Å². The number of carbonyl (C=O) groups is 2. The third-order valence-electron chi connectivity index (χ3n) is 2.87. The van der Waals surface area contributed by atoms with E-state index in [2.05, 4.69) is 5.32 Å². The third kappa shape index (κ3) is 6.38. The van der Waals surface area contributed by atoms with Crippen LogP contribution >= 0.6 is 23.5 Å². The summed E-state index contributed by atoms with van der Waals surface area (Å²) in [4.78, 5) is 25.0. The topological polar surface area (TPSA) is 72.2 Å². The molecule has 0 aromatic heterocycles. The summed E-state index contributed by atoms with van der Waals surface area (Å²) in [5, 5.41) is 2.90. The second kappa shape index (κ2) is 9.27. The number of hydrogen-bond donors (Lipinski definition) is 2. The van der Waals surface area contributed by atoms with E-state index in [-0.39, 0.29) is 17.6 Å². The molecule has 0 unspecified atom stereocenters. The SMILES string of the molecule is NC(=O)CSc1ccccc1NC(=O)CCSc1ccccc1. The Morgan fingerprint density at radius 3 is 2.39 bits per heavy atom. The highest BCUT2D eigenvalue weighted by molar-refractivity contribution is 8.00. The van der Waals surface area contributed by atoms with Crippen molar-refractivity contribution >= 4 is 41.0 Å². The average molecular weight is 346 g/mol. The van der Waals surface area contributed by atoms with E-state index in [0.29, 0.717) is 17.9 Å². The van der Waals surface area contributed by atoms with Gasteiger partial charge >= 0.3 is 0 Å². The molecule has 0 spiro atoms. The summed E-state index contributed by atoms with van der Waals surface area (Å²) in [5.74, 6) is 0.486. The molecule has 0 aliphatic rings. The van der Waals surface area contributed by atoms with Crippen molar-refractivity contribution in [2.45, 2.75) is 16.2 Å².